The van der Waals surface area contributed by atoms with Gasteiger partial charge in [-0.2, -0.15) is 0 Å². The number of ether oxygens (including phenoxy) is 2. The van der Waals surface area contributed by atoms with Gasteiger partial charge < -0.3 is 19.7 Å². The first-order valence-corrected chi connectivity index (χ1v) is 11.1. The van der Waals surface area contributed by atoms with Crippen LogP contribution >= 0.6 is 23.2 Å². The smallest absolute Gasteiger partial charge is 0.414 e. The van der Waals surface area contributed by atoms with E-state index < -0.39 is 34.4 Å². The number of cyclic esters (lactones) is 1. The monoisotopic (exact) mass is 503 g/mol. The molecule has 0 bridgehead atoms. The highest BCUT2D eigenvalue weighted by Gasteiger charge is 2.42. The molecule has 1 aromatic carbocycles. The van der Waals surface area contributed by atoms with Crippen LogP contribution in [-0.2, 0) is 20.7 Å². The molecule has 1 saturated heterocycles. The number of carbonyl (C=O) groups excluding carboxylic acids is 4. The minimum absolute atomic E-state index is 0.0819. The maximum absolute atomic E-state index is 14.8. The molecule has 1 aliphatic carbocycles. The Labute approximate surface area is 200 Å². The predicted molar refractivity (Wildman–Crippen MR) is 120 cm³/mol. The van der Waals surface area contributed by atoms with E-state index in [1.807, 2.05) is 0 Å². The Balaban J connectivity index is 0.000000709. The fourth-order valence-electron chi connectivity index (χ4n) is 3.64. The van der Waals surface area contributed by atoms with Gasteiger partial charge in [-0.05, 0) is 74.5 Å². The van der Waals surface area contributed by atoms with E-state index >= 15 is 0 Å². The molecule has 2 heterocycles. The molecular formula is C21H24Cl2FN3O6. The molecule has 2 fully saturated rings. The highest BCUT2D eigenvalue weighted by molar-refractivity contribution is 6.93. The number of halogens is 3. The molecule has 0 spiro atoms. The fraction of sp³-hybridized carbons (Fsp3) is 0.524. The third kappa shape index (κ3) is 6.48. The second-order valence-electron chi connectivity index (χ2n) is 8.83. The van der Waals surface area contributed by atoms with Crippen molar-refractivity contribution < 1.29 is 33.0 Å². The lowest BCUT2D eigenvalue weighted by Gasteiger charge is -2.20. The van der Waals surface area contributed by atoms with Gasteiger partial charge in [-0.3, -0.25) is 14.5 Å². The van der Waals surface area contributed by atoms with Crippen LogP contribution in [0.1, 0.15) is 39.2 Å². The molecule has 0 aromatic heterocycles. The van der Waals surface area contributed by atoms with Gasteiger partial charge in [-0.25, -0.2) is 14.0 Å². The highest BCUT2D eigenvalue weighted by atomic mass is 35.5. The Kier molecular flexibility index (Phi) is 7.38. The van der Waals surface area contributed by atoms with Crippen LogP contribution in [0.2, 0.25) is 0 Å². The first kappa shape index (κ1) is 25.0. The molecule has 1 N–H and O–H groups in total. The summed E-state index contributed by atoms with van der Waals surface area (Å²) in [4.78, 5) is 48.1. The summed E-state index contributed by atoms with van der Waals surface area (Å²) in [5.74, 6) is -0.625. The third-order valence-corrected chi connectivity index (χ3v) is 4.95. The molecule has 9 nitrogen and oxygen atoms in total. The molecule has 1 saturated carbocycles. The SMILES string of the molecule is CC(C)(C)OC(=O)NC[C@H]1CN(c2cc(F)c3c(c2)CC(=O)N3C2CC2)C(=O)O1.O=C(Cl)Cl. The fourth-order valence-corrected chi connectivity index (χ4v) is 3.64. The van der Waals surface area contributed by atoms with Crippen molar-refractivity contribution in [1.82, 2.24) is 5.32 Å². The van der Waals surface area contributed by atoms with Gasteiger partial charge in [0.25, 0.3) is 0 Å². The van der Waals surface area contributed by atoms with Crippen molar-refractivity contribution >= 4 is 57.4 Å². The topological polar surface area (TPSA) is 105 Å². The standard InChI is InChI=1S/C20H24FN3O5.CCl2O/c1-20(2,3)29-18(26)22-9-14-10-23(19(27)28-14)13-6-11-7-16(25)24(12-4-5-12)17(11)15(21)8-13;2-1(3)4/h6,8,12,14H,4-5,7,9-10H2,1-3H3,(H,22,26);/t14-;/m0./s1. The van der Waals surface area contributed by atoms with Crippen LogP contribution in [0.3, 0.4) is 0 Å². The van der Waals surface area contributed by atoms with Crippen LogP contribution in [0, 0.1) is 5.82 Å². The quantitative estimate of drug-likeness (QED) is 0.613. The molecule has 4 rings (SSSR count). The van der Waals surface area contributed by atoms with Crippen molar-refractivity contribution in [1.29, 1.82) is 0 Å². The largest absolute Gasteiger partial charge is 0.444 e. The van der Waals surface area contributed by atoms with E-state index in [9.17, 15) is 18.8 Å². The van der Waals surface area contributed by atoms with Gasteiger partial charge >= 0.3 is 16.9 Å². The molecule has 0 unspecified atom stereocenters. The van der Waals surface area contributed by atoms with E-state index in [0.717, 1.165) is 12.8 Å². The number of nitrogens with zero attached hydrogens (tertiary/aromatic N) is 2. The van der Waals surface area contributed by atoms with Gasteiger partial charge in [0, 0.05) is 6.04 Å². The van der Waals surface area contributed by atoms with Crippen molar-refractivity contribution in [3.05, 3.63) is 23.5 Å². The van der Waals surface area contributed by atoms with Gasteiger partial charge in [0.15, 0.2) is 0 Å². The molecule has 180 valence electrons. The zero-order chi connectivity index (χ0) is 24.5. The van der Waals surface area contributed by atoms with Gasteiger partial charge in [0.1, 0.15) is 17.5 Å². The van der Waals surface area contributed by atoms with Crippen LogP contribution in [0.25, 0.3) is 0 Å². The number of amides is 3. The molecular weight excluding hydrogens is 480 g/mol. The van der Waals surface area contributed by atoms with Crippen LogP contribution < -0.4 is 15.1 Å². The number of hydrogen-bond acceptors (Lipinski definition) is 6. The second kappa shape index (κ2) is 9.72. The maximum Gasteiger partial charge on any atom is 0.414 e. The number of carbonyl (C=O) groups is 4. The highest BCUT2D eigenvalue weighted by Crippen LogP contribution is 2.42. The summed E-state index contributed by atoms with van der Waals surface area (Å²) in [6, 6.07) is 3.02. The number of anilines is 2. The van der Waals surface area contributed by atoms with Gasteiger partial charge in [-0.1, -0.05) is 0 Å². The van der Waals surface area contributed by atoms with Crippen LogP contribution in [0.15, 0.2) is 12.1 Å². The average molecular weight is 504 g/mol. The Morgan fingerprint density at radius 1 is 1.24 bits per heavy atom. The lowest BCUT2D eigenvalue weighted by molar-refractivity contribution is -0.117. The number of benzene rings is 1. The normalized spacial score (nSPS) is 19.5. The summed E-state index contributed by atoms with van der Waals surface area (Å²) < 4.78 is 24.3. The summed E-state index contributed by atoms with van der Waals surface area (Å²) in [5.41, 5.74) is 0.629. The number of rotatable bonds is 4. The summed E-state index contributed by atoms with van der Waals surface area (Å²) in [6.45, 7) is 5.50. The van der Waals surface area contributed by atoms with Crippen LogP contribution in [0.4, 0.5) is 30.1 Å². The van der Waals surface area contributed by atoms with E-state index in [4.69, 9.17) is 14.3 Å². The molecule has 3 aliphatic rings. The number of nitrogens with one attached hydrogen (secondary N) is 1. The first-order valence-electron chi connectivity index (χ1n) is 10.3. The molecule has 0 radical (unpaired) electrons. The molecule has 12 heteroatoms. The molecule has 1 aromatic rings. The lowest BCUT2D eigenvalue weighted by atomic mass is 10.1. The molecule has 33 heavy (non-hydrogen) atoms. The maximum atomic E-state index is 14.8. The number of alkyl carbamates (subject to hydrolysis) is 1. The Bertz CT molecular complexity index is 975. The van der Waals surface area contributed by atoms with E-state index in [0.29, 0.717) is 16.9 Å². The van der Waals surface area contributed by atoms with E-state index in [2.05, 4.69) is 28.5 Å². The van der Waals surface area contributed by atoms with Gasteiger partial charge in [-0.15, -0.1) is 0 Å². The average Bonchev–Trinajstić information content (AvgIpc) is 3.33. The van der Waals surface area contributed by atoms with E-state index in [-0.39, 0.29) is 31.5 Å². The van der Waals surface area contributed by atoms with E-state index in [1.54, 1.807) is 31.7 Å². The Morgan fingerprint density at radius 3 is 2.45 bits per heavy atom. The first-order chi connectivity index (χ1) is 15.4. The van der Waals surface area contributed by atoms with Gasteiger partial charge in [0.2, 0.25) is 5.91 Å². The van der Waals surface area contributed by atoms with Crippen LogP contribution in [-0.4, -0.2) is 53.6 Å². The summed E-state index contributed by atoms with van der Waals surface area (Å²) >= 11 is 8.80. The van der Waals surface area contributed by atoms with Crippen molar-refractivity contribution in [2.45, 2.75) is 57.8 Å². The number of fused-ring (bicyclic) bond motifs is 1. The van der Waals surface area contributed by atoms with Crippen molar-refractivity contribution in [2.75, 3.05) is 22.9 Å². The summed E-state index contributed by atoms with van der Waals surface area (Å²) in [6.07, 6.45) is 0.0890. The van der Waals surface area contributed by atoms with Crippen LogP contribution in [0.5, 0.6) is 0 Å². The van der Waals surface area contributed by atoms with Crippen molar-refractivity contribution in [3.8, 4) is 0 Å². The third-order valence-electron chi connectivity index (χ3n) is 4.95. The van der Waals surface area contributed by atoms with Crippen molar-refractivity contribution in [3.63, 3.8) is 0 Å². The summed E-state index contributed by atoms with van der Waals surface area (Å²) in [5, 5.41) is 2.57. The Hall–Kier alpha value is -2.59. The molecule has 3 amide bonds. The second-order valence-corrected chi connectivity index (χ2v) is 9.71. The summed E-state index contributed by atoms with van der Waals surface area (Å²) in [7, 11) is 0. The minimum Gasteiger partial charge on any atom is -0.444 e. The number of hydrogen-bond donors (Lipinski definition) is 1. The van der Waals surface area contributed by atoms with Crippen molar-refractivity contribution in [2.24, 2.45) is 0 Å². The Morgan fingerprint density at radius 2 is 1.88 bits per heavy atom. The van der Waals surface area contributed by atoms with Gasteiger partial charge in [0.05, 0.1) is 30.9 Å². The predicted octanol–water partition coefficient (Wildman–Crippen LogP) is 4.31. The zero-order valence-corrected chi connectivity index (χ0v) is 19.8. The zero-order valence-electron chi connectivity index (χ0n) is 18.3. The lowest BCUT2D eigenvalue weighted by Crippen LogP contribution is -2.38. The molecule has 2 aliphatic heterocycles. The van der Waals surface area contributed by atoms with E-state index in [1.165, 1.54) is 11.0 Å². The minimum atomic E-state index is -0.889. The molecule has 1 atom stereocenters.